The second kappa shape index (κ2) is 11.8. The Hall–Kier alpha value is -3.35. The van der Waals surface area contributed by atoms with Crippen LogP contribution in [0.3, 0.4) is 0 Å². The molecule has 0 saturated heterocycles. The van der Waals surface area contributed by atoms with Crippen LogP contribution in [-0.4, -0.2) is 57.1 Å². The van der Waals surface area contributed by atoms with Gasteiger partial charge in [-0.15, -0.1) is 0 Å². The number of nitrogens with zero attached hydrogens (tertiary/aromatic N) is 4. The number of urea groups is 1. The summed E-state index contributed by atoms with van der Waals surface area (Å²) in [5.74, 6) is 0.107. The molecule has 200 valence electrons. The van der Waals surface area contributed by atoms with Crippen LogP contribution in [0.5, 0.6) is 5.88 Å². The molecule has 0 aliphatic carbocycles. The van der Waals surface area contributed by atoms with Gasteiger partial charge in [0.05, 0.1) is 34.7 Å². The van der Waals surface area contributed by atoms with E-state index in [4.69, 9.17) is 37.4 Å². The third kappa shape index (κ3) is 7.81. The van der Waals surface area contributed by atoms with Gasteiger partial charge in [-0.25, -0.2) is 24.1 Å². The molecule has 2 atom stereocenters. The van der Waals surface area contributed by atoms with Gasteiger partial charge >= 0.3 is 12.1 Å². The molecule has 3 aromatic rings. The van der Waals surface area contributed by atoms with Crippen molar-refractivity contribution in [2.24, 2.45) is 0 Å². The number of rotatable bonds is 8. The van der Waals surface area contributed by atoms with Crippen molar-refractivity contribution < 1.29 is 23.8 Å². The lowest BCUT2D eigenvalue weighted by Crippen LogP contribution is -2.40. The fourth-order valence-corrected chi connectivity index (χ4v) is 3.52. The number of ether oxygens (including phenoxy) is 3. The van der Waals surface area contributed by atoms with Crippen molar-refractivity contribution in [3.05, 3.63) is 40.4 Å². The summed E-state index contributed by atoms with van der Waals surface area (Å²) < 4.78 is 17.9. The summed E-state index contributed by atoms with van der Waals surface area (Å²) in [6.07, 6.45) is 1.84. The molecule has 0 spiro atoms. The van der Waals surface area contributed by atoms with Crippen LogP contribution < -0.4 is 20.7 Å². The van der Waals surface area contributed by atoms with E-state index < -0.39 is 29.9 Å². The highest BCUT2D eigenvalue weighted by Gasteiger charge is 2.21. The van der Waals surface area contributed by atoms with Crippen molar-refractivity contribution >= 4 is 52.3 Å². The van der Waals surface area contributed by atoms with Crippen LogP contribution in [0, 0.1) is 0 Å². The number of carbonyl (C=O) groups excluding carboxylic acids is 2. The zero-order chi connectivity index (χ0) is 27.3. The molecule has 0 fully saturated rings. The first-order chi connectivity index (χ1) is 17.4. The third-order valence-electron chi connectivity index (χ3n) is 4.78. The molecular formula is C23H29Cl2N7O5. The third-order valence-corrected chi connectivity index (χ3v) is 5.17. The normalized spacial score (nSPS) is 13.1. The smallest absolute Gasteiger partial charge is 0.407 e. The minimum Gasteiger partial charge on any atom is -0.474 e. The summed E-state index contributed by atoms with van der Waals surface area (Å²) in [6, 6.07) is 2.06. The van der Waals surface area contributed by atoms with Gasteiger partial charge in [0, 0.05) is 19.4 Å². The monoisotopic (exact) mass is 553 g/mol. The van der Waals surface area contributed by atoms with E-state index in [1.807, 2.05) is 0 Å². The first-order valence-electron chi connectivity index (χ1n) is 11.3. The van der Waals surface area contributed by atoms with E-state index in [1.165, 1.54) is 30.1 Å². The Morgan fingerprint density at radius 3 is 2.46 bits per heavy atom. The molecular weight excluding hydrogens is 525 g/mol. The highest BCUT2D eigenvalue weighted by Crippen LogP contribution is 2.28. The number of carbonyl (C=O) groups is 2. The lowest BCUT2D eigenvalue weighted by atomic mass is 10.2. The Morgan fingerprint density at radius 1 is 1.08 bits per heavy atom. The fraction of sp³-hybridized carbons (Fsp3) is 0.435. The Kier molecular flexibility index (Phi) is 9.00. The highest BCUT2D eigenvalue weighted by molar-refractivity contribution is 6.31. The Balaban J connectivity index is 1.72. The second-order valence-corrected chi connectivity index (χ2v) is 9.94. The maximum Gasteiger partial charge on any atom is 0.407 e. The number of nitrogens with one attached hydrogen (secondary N) is 3. The van der Waals surface area contributed by atoms with Crippen molar-refractivity contribution in [1.82, 2.24) is 24.9 Å². The number of pyridine rings is 1. The number of hydrogen-bond donors (Lipinski definition) is 3. The summed E-state index contributed by atoms with van der Waals surface area (Å²) in [5, 5.41) is 12.8. The molecule has 37 heavy (non-hydrogen) atoms. The number of aromatic nitrogens is 4. The Labute approximate surface area is 224 Å². The standard InChI is InChI=1S/C23H29Cl2N7O5/c1-12(28-22(34)37-23(3,4)5)11-36-20-15(7-14(24)9-27-20)29-21(33)30-16-10-26-18-8-17(25)31-32(18)19(16)13(2)35-6/h7-10,12-13H,11H2,1-6H3,(H,28,34)(H2,29,30,33)/t12-,13-/m0/s1. The van der Waals surface area contributed by atoms with Crippen molar-refractivity contribution in [3.63, 3.8) is 0 Å². The molecule has 0 saturated carbocycles. The lowest BCUT2D eigenvalue weighted by Gasteiger charge is -2.22. The van der Waals surface area contributed by atoms with E-state index in [2.05, 4.69) is 31.0 Å². The van der Waals surface area contributed by atoms with E-state index in [-0.39, 0.29) is 28.3 Å². The molecule has 0 aliphatic heterocycles. The van der Waals surface area contributed by atoms with E-state index in [0.29, 0.717) is 17.0 Å². The number of halogens is 2. The van der Waals surface area contributed by atoms with Crippen LogP contribution in [0.1, 0.15) is 46.4 Å². The average molecular weight is 554 g/mol. The minimum atomic E-state index is -0.627. The molecule has 0 radical (unpaired) electrons. The minimum absolute atomic E-state index is 0.0559. The molecule has 3 N–H and O–H groups in total. The topological polar surface area (TPSA) is 141 Å². The first-order valence-corrected chi connectivity index (χ1v) is 12.0. The van der Waals surface area contributed by atoms with Crippen molar-refractivity contribution in [3.8, 4) is 5.88 Å². The van der Waals surface area contributed by atoms with E-state index in [1.54, 1.807) is 40.7 Å². The summed E-state index contributed by atoms with van der Waals surface area (Å²) in [4.78, 5) is 33.3. The summed E-state index contributed by atoms with van der Waals surface area (Å²) in [5.41, 5.74) is 0.979. The number of fused-ring (bicyclic) bond motifs is 1. The number of amides is 3. The van der Waals surface area contributed by atoms with Crippen LogP contribution >= 0.6 is 23.2 Å². The van der Waals surface area contributed by atoms with Gasteiger partial charge in [-0.3, -0.25) is 0 Å². The molecule has 0 unspecified atom stereocenters. The molecule has 12 nitrogen and oxygen atoms in total. The fourth-order valence-electron chi connectivity index (χ4n) is 3.18. The van der Waals surface area contributed by atoms with E-state index in [0.717, 1.165) is 0 Å². The van der Waals surface area contributed by atoms with Crippen LogP contribution in [0.25, 0.3) is 5.65 Å². The molecule has 3 amide bonds. The van der Waals surface area contributed by atoms with Gasteiger partial charge in [0.25, 0.3) is 0 Å². The molecule has 3 rings (SSSR count). The van der Waals surface area contributed by atoms with Crippen LogP contribution in [0.2, 0.25) is 10.2 Å². The van der Waals surface area contributed by atoms with Gasteiger partial charge in [0.1, 0.15) is 17.9 Å². The molecule has 0 aromatic carbocycles. The number of anilines is 2. The summed E-state index contributed by atoms with van der Waals surface area (Å²) >= 11 is 12.1. The lowest BCUT2D eigenvalue weighted by molar-refractivity contribution is 0.0493. The predicted octanol–water partition coefficient (Wildman–Crippen LogP) is 5.07. The number of methoxy groups -OCH3 is 1. The highest BCUT2D eigenvalue weighted by atomic mass is 35.5. The van der Waals surface area contributed by atoms with Gasteiger partial charge in [0.2, 0.25) is 5.88 Å². The summed E-state index contributed by atoms with van der Waals surface area (Å²) in [6.45, 7) is 8.90. The van der Waals surface area contributed by atoms with E-state index in [9.17, 15) is 9.59 Å². The number of hydrogen-bond acceptors (Lipinski definition) is 8. The molecule has 0 aliphatic rings. The van der Waals surface area contributed by atoms with Gasteiger partial charge in [-0.1, -0.05) is 23.2 Å². The largest absolute Gasteiger partial charge is 0.474 e. The van der Waals surface area contributed by atoms with E-state index >= 15 is 0 Å². The molecule has 3 heterocycles. The van der Waals surface area contributed by atoms with Crippen molar-refractivity contribution in [2.45, 2.75) is 52.4 Å². The van der Waals surface area contributed by atoms with Crippen LogP contribution in [0.15, 0.2) is 24.5 Å². The molecule has 0 bridgehead atoms. The summed E-state index contributed by atoms with van der Waals surface area (Å²) in [7, 11) is 1.53. The zero-order valence-corrected chi connectivity index (χ0v) is 22.8. The van der Waals surface area contributed by atoms with Crippen molar-refractivity contribution in [2.75, 3.05) is 24.4 Å². The average Bonchev–Trinajstić information content (AvgIpc) is 3.16. The first kappa shape index (κ1) is 28.2. The second-order valence-electron chi connectivity index (χ2n) is 9.12. The maximum absolute atomic E-state index is 12.9. The Bertz CT molecular complexity index is 1280. The van der Waals surface area contributed by atoms with Gasteiger partial charge in [0.15, 0.2) is 10.8 Å². The maximum atomic E-state index is 12.9. The molecule has 14 heteroatoms. The van der Waals surface area contributed by atoms with Gasteiger partial charge < -0.3 is 30.2 Å². The zero-order valence-electron chi connectivity index (χ0n) is 21.3. The van der Waals surface area contributed by atoms with Crippen LogP contribution in [0.4, 0.5) is 21.0 Å². The van der Waals surface area contributed by atoms with Crippen LogP contribution in [-0.2, 0) is 9.47 Å². The van der Waals surface area contributed by atoms with Crippen molar-refractivity contribution in [1.29, 1.82) is 0 Å². The molecule has 3 aromatic heterocycles. The SMILES string of the molecule is CO[C@@H](C)c1c(NC(=O)Nc2cc(Cl)cnc2OC[C@H](C)NC(=O)OC(C)(C)C)cnc2cc(Cl)nn12. The quantitative estimate of drug-likeness (QED) is 0.350. The predicted molar refractivity (Wildman–Crippen MR) is 140 cm³/mol. The Morgan fingerprint density at radius 2 is 1.78 bits per heavy atom. The van der Waals surface area contributed by atoms with Gasteiger partial charge in [-0.2, -0.15) is 5.10 Å². The van der Waals surface area contributed by atoms with Gasteiger partial charge in [-0.05, 0) is 40.7 Å². The number of alkyl carbamates (subject to hydrolysis) is 1.